The quantitative estimate of drug-likeness (QED) is 0.926. The normalized spacial score (nSPS) is 16.1. The minimum absolute atomic E-state index is 0.666. The summed E-state index contributed by atoms with van der Waals surface area (Å²) in [5.41, 5.74) is 7.59. The van der Waals surface area contributed by atoms with Gasteiger partial charge in [0.1, 0.15) is 0 Å². The molecule has 100 valence electrons. The Morgan fingerprint density at radius 3 is 2.56 bits per heavy atom. The van der Waals surface area contributed by atoms with Gasteiger partial charge in [-0.15, -0.1) is 0 Å². The van der Waals surface area contributed by atoms with Crippen LogP contribution in [0.15, 0.2) is 12.1 Å². The molecule has 1 fully saturated rings. The first-order chi connectivity index (χ1) is 8.72. The van der Waals surface area contributed by atoms with Gasteiger partial charge in [-0.2, -0.15) is 0 Å². The minimum atomic E-state index is 0.666. The second-order valence-electron chi connectivity index (χ2n) is 4.39. The van der Waals surface area contributed by atoms with Gasteiger partial charge in [-0.1, -0.05) is 23.2 Å². The molecule has 3 nitrogen and oxygen atoms in total. The van der Waals surface area contributed by atoms with Gasteiger partial charge < -0.3 is 15.4 Å². The fourth-order valence-electron chi connectivity index (χ4n) is 2.11. The first-order valence-corrected chi connectivity index (χ1v) is 6.98. The molecule has 1 aromatic carbocycles. The Morgan fingerprint density at radius 1 is 1.17 bits per heavy atom. The molecule has 2 N–H and O–H groups in total. The molecule has 1 heterocycles. The molecule has 1 saturated heterocycles. The van der Waals surface area contributed by atoms with Crippen LogP contribution in [-0.2, 0) is 11.2 Å². The van der Waals surface area contributed by atoms with E-state index in [1.54, 1.807) is 0 Å². The minimum Gasteiger partial charge on any atom is -0.378 e. The molecule has 0 saturated carbocycles. The summed E-state index contributed by atoms with van der Waals surface area (Å²) in [7, 11) is 0. The van der Waals surface area contributed by atoms with E-state index >= 15 is 0 Å². The van der Waals surface area contributed by atoms with Gasteiger partial charge in [0.2, 0.25) is 0 Å². The average Bonchev–Trinajstić information content (AvgIpc) is 2.40. The molecular weight excluding hydrogens is 271 g/mol. The second kappa shape index (κ2) is 6.62. The molecule has 0 unspecified atom stereocenters. The van der Waals surface area contributed by atoms with Gasteiger partial charge in [0, 0.05) is 18.1 Å². The lowest BCUT2D eigenvalue weighted by molar-refractivity contribution is 0.122. The lowest BCUT2D eigenvalue weighted by Gasteiger charge is -2.30. The summed E-state index contributed by atoms with van der Waals surface area (Å²) in [6.45, 7) is 3.86. The number of hydrogen-bond donors (Lipinski definition) is 1. The highest BCUT2D eigenvalue weighted by atomic mass is 35.5. The number of morpholine rings is 1. The van der Waals surface area contributed by atoms with Crippen molar-refractivity contribution >= 4 is 28.9 Å². The Kier molecular flexibility index (Phi) is 5.13. The molecule has 1 aromatic rings. The second-order valence-corrected chi connectivity index (χ2v) is 5.20. The Balaban J connectivity index is 2.18. The monoisotopic (exact) mass is 288 g/mol. The van der Waals surface area contributed by atoms with Crippen molar-refractivity contribution in [2.75, 3.05) is 37.7 Å². The molecule has 0 aliphatic carbocycles. The number of aryl methyl sites for hydroxylation is 1. The largest absolute Gasteiger partial charge is 0.378 e. The van der Waals surface area contributed by atoms with E-state index in [1.165, 1.54) is 0 Å². The first kappa shape index (κ1) is 13.9. The van der Waals surface area contributed by atoms with E-state index in [4.69, 9.17) is 33.7 Å². The van der Waals surface area contributed by atoms with Gasteiger partial charge in [-0.3, -0.25) is 0 Å². The zero-order valence-corrected chi connectivity index (χ0v) is 11.8. The molecule has 2 rings (SSSR count). The van der Waals surface area contributed by atoms with E-state index in [-0.39, 0.29) is 0 Å². The van der Waals surface area contributed by atoms with E-state index in [1.807, 2.05) is 12.1 Å². The third-order valence-corrected chi connectivity index (χ3v) is 3.77. The number of rotatable bonds is 4. The number of halogens is 2. The summed E-state index contributed by atoms with van der Waals surface area (Å²) in [5.74, 6) is 0. The van der Waals surface area contributed by atoms with Crippen LogP contribution >= 0.6 is 23.2 Å². The van der Waals surface area contributed by atoms with Crippen molar-refractivity contribution in [3.8, 4) is 0 Å². The van der Waals surface area contributed by atoms with Crippen LogP contribution in [0.4, 0.5) is 5.69 Å². The number of anilines is 1. The summed E-state index contributed by atoms with van der Waals surface area (Å²) < 4.78 is 5.34. The summed E-state index contributed by atoms with van der Waals surface area (Å²) in [4.78, 5) is 2.21. The van der Waals surface area contributed by atoms with Crippen molar-refractivity contribution in [2.24, 2.45) is 5.73 Å². The van der Waals surface area contributed by atoms with Crippen LogP contribution in [0.3, 0.4) is 0 Å². The third kappa shape index (κ3) is 3.29. The summed E-state index contributed by atoms with van der Waals surface area (Å²) >= 11 is 12.6. The fraction of sp³-hybridized carbons (Fsp3) is 0.538. The van der Waals surface area contributed by atoms with Crippen molar-refractivity contribution in [3.05, 3.63) is 27.7 Å². The highest BCUT2D eigenvalue weighted by Gasteiger charge is 2.16. The number of benzene rings is 1. The average molecular weight is 289 g/mol. The van der Waals surface area contributed by atoms with Crippen LogP contribution < -0.4 is 10.6 Å². The SMILES string of the molecule is NCCCc1cc(Cl)c(N2CCOCC2)cc1Cl. The molecule has 0 spiro atoms. The van der Waals surface area contributed by atoms with E-state index in [9.17, 15) is 0 Å². The van der Waals surface area contributed by atoms with Crippen molar-refractivity contribution < 1.29 is 4.74 Å². The Hall–Kier alpha value is -0.480. The maximum Gasteiger partial charge on any atom is 0.0643 e. The molecule has 1 aliphatic heterocycles. The summed E-state index contributed by atoms with van der Waals surface area (Å²) in [6.07, 6.45) is 1.80. The molecule has 0 atom stereocenters. The highest BCUT2D eigenvalue weighted by molar-refractivity contribution is 6.35. The maximum atomic E-state index is 6.34. The van der Waals surface area contributed by atoms with Crippen LogP contribution in [0, 0.1) is 0 Å². The van der Waals surface area contributed by atoms with Crippen LogP contribution in [0.25, 0.3) is 0 Å². The van der Waals surface area contributed by atoms with Gasteiger partial charge in [-0.25, -0.2) is 0 Å². The lowest BCUT2D eigenvalue weighted by atomic mass is 10.1. The molecule has 5 heteroatoms. The zero-order chi connectivity index (χ0) is 13.0. The van der Waals surface area contributed by atoms with Crippen molar-refractivity contribution in [2.45, 2.75) is 12.8 Å². The van der Waals surface area contributed by atoms with Crippen molar-refractivity contribution in [3.63, 3.8) is 0 Å². The Bertz CT molecular complexity index is 406. The number of nitrogens with two attached hydrogens (primary N) is 1. The van der Waals surface area contributed by atoms with Crippen LogP contribution in [-0.4, -0.2) is 32.8 Å². The van der Waals surface area contributed by atoms with E-state index < -0.39 is 0 Å². The lowest BCUT2D eigenvalue weighted by Crippen LogP contribution is -2.36. The van der Waals surface area contributed by atoms with Gasteiger partial charge in [0.25, 0.3) is 0 Å². The van der Waals surface area contributed by atoms with E-state index in [2.05, 4.69) is 4.90 Å². The highest BCUT2D eigenvalue weighted by Crippen LogP contribution is 2.33. The van der Waals surface area contributed by atoms with Gasteiger partial charge in [0.15, 0.2) is 0 Å². The van der Waals surface area contributed by atoms with Crippen molar-refractivity contribution in [1.82, 2.24) is 0 Å². The molecule has 18 heavy (non-hydrogen) atoms. The molecule has 0 aromatic heterocycles. The van der Waals surface area contributed by atoms with E-state index in [0.717, 1.165) is 60.4 Å². The first-order valence-electron chi connectivity index (χ1n) is 6.23. The standard InChI is InChI=1S/C13H18Cl2N2O/c14-11-9-13(17-4-6-18-7-5-17)12(15)8-10(11)2-1-3-16/h8-9H,1-7,16H2. The van der Waals surface area contributed by atoms with Crippen LogP contribution in [0.2, 0.25) is 10.0 Å². The predicted molar refractivity (Wildman–Crippen MR) is 76.9 cm³/mol. The summed E-state index contributed by atoms with van der Waals surface area (Å²) in [6, 6.07) is 3.92. The summed E-state index contributed by atoms with van der Waals surface area (Å²) in [5, 5.41) is 1.53. The Morgan fingerprint density at radius 2 is 1.89 bits per heavy atom. The zero-order valence-electron chi connectivity index (χ0n) is 10.3. The Labute approximate surface area is 118 Å². The molecule has 0 amide bonds. The van der Waals surface area contributed by atoms with Crippen LogP contribution in [0.5, 0.6) is 0 Å². The fourth-order valence-corrected chi connectivity index (χ4v) is 2.67. The third-order valence-electron chi connectivity index (χ3n) is 3.12. The molecule has 0 bridgehead atoms. The smallest absolute Gasteiger partial charge is 0.0643 e. The predicted octanol–water partition coefficient (Wildman–Crippen LogP) is 2.72. The van der Waals surface area contributed by atoms with Crippen molar-refractivity contribution in [1.29, 1.82) is 0 Å². The van der Waals surface area contributed by atoms with Gasteiger partial charge >= 0.3 is 0 Å². The van der Waals surface area contributed by atoms with Gasteiger partial charge in [0.05, 0.1) is 23.9 Å². The molecule has 1 aliphatic rings. The number of ether oxygens (including phenoxy) is 1. The number of hydrogen-bond acceptors (Lipinski definition) is 3. The molecule has 0 radical (unpaired) electrons. The topological polar surface area (TPSA) is 38.5 Å². The van der Waals surface area contributed by atoms with Gasteiger partial charge in [-0.05, 0) is 37.1 Å². The van der Waals surface area contributed by atoms with Crippen LogP contribution in [0.1, 0.15) is 12.0 Å². The molecular formula is C13H18Cl2N2O. The van der Waals surface area contributed by atoms with E-state index in [0.29, 0.717) is 6.54 Å². The maximum absolute atomic E-state index is 6.34. The number of nitrogens with zero attached hydrogens (tertiary/aromatic N) is 1.